The molecule has 0 saturated carbocycles. The van der Waals surface area contributed by atoms with E-state index in [-0.39, 0.29) is 5.97 Å². The Balaban J connectivity index is 2.85. The zero-order chi connectivity index (χ0) is 10.8. The van der Waals surface area contributed by atoms with E-state index in [1.54, 1.807) is 19.9 Å². The second-order valence-electron chi connectivity index (χ2n) is 3.56. The van der Waals surface area contributed by atoms with Gasteiger partial charge in [-0.25, -0.2) is 4.79 Å². The topological polar surface area (TPSA) is 55.4 Å². The minimum Gasteiger partial charge on any atom is -0.464 e. The van der Waals surface area contributed by atoms with Gasteiger partial charge in [-0.3, -0.25) is 0 Å². The molecule has 0 bridgehead atoms. The number of aldehydes is 1. The maximum atomic E-state index is 11.6. The Bertz CT molecular complexity index is 285. The molecule has 1 N–H and O–H groups in total. The number of hydrogen-bond donors (Lipinski definition) is 1. The minimum atomic E-state index is -0.929. The van der Waals surface area contributed by atoms with E-state index in [2.05, 4.69) is 5.32 Å². The van der Waals surface area contributed by atoms with Crippen molar-refractivity contribution in [3.8, 4) is 0 Å². The van der Waals surface area contributed by atoms with Crippen LogP contribution >= 0.6 is 0 Å². The molecule has 0 radical (unpaired) electrons. The first-order valence-corrected chi connectivity index (χ1v) is 4.63. The fourth-order valence-electron chi connectivity index (χ4n) is 1.61. The second-order valence-corrected chi connectivity index (χ2v) is 3.56. The lowest BCUT2D eigenvalue weighted by atomic mass is 9.89. The van der Waals surface area contributed by atoms with Gasteiger partial charge in [0.2, 0.25) is 0 Å². The van der Waals surface area contributed by atoms with Gasteiger partial charge < -0.3 is 14.8 Å². The largest absolute Gasteiger partial charge is 0.464 e. The summed E-state index contributed by atoms with van der Waals surface area (Å²) in [6, 6.07) is 0. The van der Waals surface area contributed by atoms with Crippen molar-refractivity contribution >= 4 is 12.3 Å². The summed E-state index contributed by atoms with van der Waals surface area (Å²) in [7, 11) is 0. The summed E-state index contributed by atoms with van der Waals surface area (Å²) in [5, 5.41) is 2.97. The van der Waals surface area contributed by atoms with Crippen LogP contribution in [0, 0.1) is 5.92 Å². The van der Waals surface area contributed by atoms with E-state index < -0.39 is 11.5 Å². The molecule has 0 fully saturated rings. The lowest BCUT2D eigenvalue weighted by Gasteiger charge is -2.26. The highest BCUT2D eigenvalue weighted by molar-refractivity contribution is 5.87. The molecular formula is C10H15NO3. The van der Waals surface area contributed by atoms with E-state index in [1.165, 1.54) is 0 Å². The fraction of sp³-hybridized carbons (Fsp3) is 0.600. The van der Waals surface area contributed by atoms with Gasteiger partial charge >= 0.3 is 5.97 Å². The molecule has 2 unspecified atom stereocenters. The molecule has 1 rings (SSSR count). The molecule has 0 aromatic rings. The first-order valence-electron chi connectivity index (χ1n) is 4.63. The summed E-state index contributed by atoms with van der Waals surface area (Å²) in [4.78, 5) is 22.4. The highest BCUT2D eigenvalue weighted by atomic mass is 16.5. The lowest BCUT2D eigenvalue weighted by Crippen LogP contribution is -2.51. The van der Waals surface area contributed by atoms with Crippen LogP contribution in [0.1, 0.15) is 20.8 Å². The van der Waals surface area contributed by atoms with Crippen LogP contribution in [0.15, 0.2) is 11.8 Å². The Morgan fingerprint density at radius 3 is 2.93 bits per heavy atom. The van der Waals surface area contributed by atoms with Gasteiger partial charge in [0, 0.05) is 5.70 Å². The Hall–Kier alpha value is -1.32. The molecule has 1 aliphatic rings. The van der Waals surface area contributed by atoms with Crippen molar-refractivity contribution in [1.82, 2.24) is 5.32 Å². The van der Waals surface area contributed by atoms with Gasteiger partial charge in [-0.05, 0) is 20.8 Å². The van der Waals surface area contributed by atoms with Crippen molar-refractivity contribution in [1.29, 1.82) is 0 Å². The van der Waals surface area contributed by atoms with Crippen molar-refractivity contribution < 1.29 is 14.3 Å². The minimum absolute atomic E-state index is 0.320. The van der Waals surface area contributed by atoms with Crippen LogP contribution in [-0.2, 0) is 14.3 Å². The van der Waals surface area contributed by atoms with Crippen molar-refractivity contribution in [2.24, 2.45) is 5.92 Å². The Labute approximate surface area is 83.3 Å². The summed E-state index contributed by atoms with van der Waals surface area (Å²) in [6.07, 6.45) is 2.50. The summed E-state index contributed by atoms with van der Waals surface area (Å²) >= 11 is 0. The van der Waals surface area contributed by atoms with E-state index in [0.717, 1.165) is 12.0 Å². The van der Waals surface area contributed by atoms with E-state index in [4.69, 9.17) is 4.74 Å². The maximum absolute atomic E-state index is 11.6. The molecule has 78 valence electrons. The molecule has 0 aliphatic carbocycles. The zero-order valence-corrected chi connectivity index (χ0v) is 8.66. The van der Waals surface area contributed by atoms with Gasteiger partial charge in [0.15, 0.2) is 0 Å². The molecule has 0 amide bonds. The van der Waals surface area contributed by atoms with Gasteiger partial charge in [0.05, 0.1) is 12.5 Å². The smallest absolute Gasteiger partial charge is 0.332 e. The van der Waals surface area contributed by atoms with Crippen LogP contribution in [0.3, 0.4) is 0 Å². The summed E-state index contributed by atoms with van der Waals surface area (Å²) in [5.74, 6) is -0.827. The highest BCUT2D eigenvalue weighted by Crippen LogP contribution is 2.26. The number of allylic oxidation sites excluding steroid dienone is 1. The Kier molecular flexibility index (Phi) is 2.93. The first-order chi connectivity index (χ1) is 6.54. The van der Waals surface area contributed by atoms with Crippen LogP contribution in [0.25, 0.3) is 0 Å². The number of ether oxygens (including phenoxy) is 1. The van der Waals surface area contributed by atoms with Crippen LogP contribution in [-0.4, -0.2) is 24.4 Å². The Morgan fingerprint density at radius 1 is 1.79 bits per heavy atom. The summed E-state index contributed by atoms with van der Waals surface area (Å²) in [6.45, 7) is 5.56. The predicted octanol–water partition coefficient (Wildman–Crippen LogP) is 0.630. The SMILES string of the molecule is CCOC(=O)C1(C)NC(C)=CC1C=O. The molecule has 0 aromatic carbocycles. The molecular weight excluding hydrogens is 182 g/mol. The number of carbonyl (C=O) groups excluding carboxylic acids is 2. The molecule has 0 saturated heterocycles. The molecule has 14 heavy (non-hydrogen) atoms. The third kappa shape index (κ3) is 1.64. The predicted molar refractivity (Wildman–Crippen MR) is 51.5 cm³/mol. The van der Waals surface area contributed by atoms with E-state index >= 15 is 0 Å². The van der Waals surface area contributed by atoms with Crippen LogP contribution in [0.2, 0.25) is 0 Å². The number of carbonyl (C=O) groups is 2. The van der Waals surface area contributed by atoms with Gasteiger partial charge in [-0.2, -0.15) is 0 Å². The number of hydrogen-bond acceptors (Lipinski definition) is 4. The van der Waals surface area contributed by atoms with Gasteiger partial charge in [0.25, 0.3) is 0 Å². The Morgan fingerprint density at radius 2 is 2.43 bits per heavy atom. The van der Waals surface area contributed by atoms with Gasteiger partial charge in [0.1, 0.15) is 11.8 Å². The molecule has 2 atom stereocenters. The zero-order valence-electron chi connectivity index (χ0n) is 8.66. The van der Waals surface area contributed by atoms with Gasteiger partial charge in [-0.1, -0.05) is 6.08 Å². The average Bonchev–Trinajstić information content (AvgIpc) is 2.43. The van der Waals surface area contributed by atoms with Crippen LogP contribution in [0.4, 0.5) is 0 Å². The standard InChI is InChI=1S/C10H15NO3/c1-4-14-9(13)10(3)8(6-12)5-7(2)11-10/h5-6,8,11H,4H2,1-3H3. The van der Waals surface area contributed by atoms with E-state index in [0.29, 0.717) is 6.61 Å². The quantitative estimate of drug-likeness (QED) is 0.532. The second kappa shape index (κ2) is 3.82. The van der Waals surface area contributed by atoms with Crippen LogP contribution < -0.4 is 5.32 Å². The number of rotatable bonds is 3. The van der Waals surface area contributed by atoms with Crippen molar-refractivity contribution in [2.75, 3.05) is 6.61 Å². The molecule has 1 aliphatic heterocycles. The third-order valence-electron chi connectivity index (χ3n) is 2.40. The number of esters is 1. The highest BCUT2D eigenvalue weighted by Gasteiger charge is 2.45. The van der Waals surface area contributed by atoms with E-state index in [9.17, 15) is 9.59 Å². The monoisotopic (exact) mass is 197 g/mol. The maximum Gasteiger partial charge on any atom is 0.332 e. The molecule has 4 heteroatoms. The van der Waals surface area contributed by atoms with Crippen molar-refractivity contribution in [3.63, 3.8) is 0 Å². The normalized spacial score (nSPS) is 30.5. The molecule has 0 spiro atoms. The van der Waals surface area contributed by atoms with Gasteiger partial charge in [-0.15, -0.1) is 0 Å². The van der Waals surface area contributed by atoms with Crippen molar-refractivity contribution in [2.45, 2.75) is 26.3 Å². The van der Waals surface area contributed by atoms with Crippen LogP contribution in [0.5, 0.6) is 0 Å². The van der Waals surface area contributed by atoms with Crippen molar-refractivity contribution in [3.05, 3.63) is 11.8 Å². The third-order valence-corrected chi connectivity index (χ3v) is 2.40. The summed E-state index contributed by atoms with van der Waals surface area (Å²) in [5.41, 5.74) is -0.0976. The number of nitrogens with one attached hydrogen (secondary N) is 1. The van der Waals surface area contributed by atoms with E-state index in [1.807, 2.05) is 6.92 Å². The molecule has 1 heterocycles. The lowest BCUT2D eigenvalue weighted by molar-refractivity contribution is -0.152. The summed E-state index contributed by atoms with van der Waals surface area (Å²) < 4.78 is 4.92. The molecule has 4 nitrogen and oxygen atoms in total. The first kappa shape index (κ1) is 10.8. The molecule has 0 aromatic heterocycles. The fourth-order valence-corrected chi connectivity index (χ4v) is 1.61. The average molecular weight is 197 g/mol.